The zero-order valence-electron chi connectivity index (χ0n) is 10.3. The number of hydrogen-bond donors (Lipinski definition) is 1. The summed E-state index contributed by atoms with van der Waals surface area (Å²) in [6.45, 7) is 5.56. The molecule has 0 aliphatic heterocycles. The molecule has 0 aromatic heterocycles. The summed E-state index contributed by atoms with van der Waals surface area (Å²) >= 11 is 5.66. The van der Waals surface area contributed by atoms with Crippen LogP contribution >= 0.6 is 11.6 Å². The highest BCUT2D eigenvalue weighted by atomic mass is 35.5. The molecule has 0 unspecified atom stereocenters. The minimum Gasteiger partial charge on any atom is -0.347 e. The lowest BCUT2D eigenvalue weighted by Crippen LogP contribution is -2.43. The largest absolute Gasteiger partial charge is 0.347 e. The summed E-state index contributed by atoms with van der Waals surface area (Å²) in [4.78, 5) is 12.0. The van der Waals surface area contributed by atoms with Gasteiger partial charge in [-0.3, -0.25) is 4.79 Å². The minimum absolute atomic E-state index is 0.267. The van der Waals surface area contributed by atoms with E-state index in [1.165, 1.54) is 12.1 Å². The number of carbonyl (C=O) groups is 1. The van der Waals surface area contributed by atoms with Crippen LogP contribution < -0.4 is 5.32 Å². The van der Waals surface area contributed by atoms with Crippen molar-refractivity contribution in [2.24, 2.45) is 0 Å². The molecule has 0 saturated heterocycles. The van der Waals surface area contributed by atoms with Crippen molar-refractivity contribution in [1.29, 1.82) is 0 Å². The van der Waals surface area contributed by atoms with Crippen LogP contribution in [0.25, 0.3) is 0 Å². The molecule has 0 spiro atoms. The van der Waals surface area contributed by atoms with Gasteiger partial charge in [0, 0.05) is 17.0 Å². The van der Waals surface area contributed by atoms with Gasteiger partial charge in [0.05, 0.1) is 0 Å². The zero-order chi connectivity index (χ0) is 13.1. The first-order valence-electron chi connectivity index (χ1n) is 5.50. The van der Waals surface area contributed by atoms with Crippen LogP contribution in [0.2, 0.25) is 0 Å². The molecule has 2 nitrogen and oxygen atoms in total. The molecule has 1 aromatic rings. The van der Waals surface area contributed by atoms with Crippen LogP contribution in [0.1, 0.15) is 36.2 Å². The molecule has 0 atom stereocenters. The number of nitrogens with one attached hydrogen (secondary N) is 1. The van der Waals surface area contributed by atoms with E-state index in [1.54, 1.807) is 13.0 Å². The Morgan fingerprint density at radius 3 is 2.71 bits per heavy atom. The van der Waals surface area contributed by atoms with Crippen LogP contribution in [0.15, 0.2) is 18.2 Å². The molecule has 0 saturated carbocycles. The van der Waals surface area contributed by atoms with Crippen molar-refractivity contribution in [2.75, 3.05) is 5.88 Å². The van der Waals surface area contributed by atoms with E-state index in [9.17, 15) is 9.18 Å². The number of amides is 1. The third-order valence-corrected chi connectivity index (χ3v) is 2.80. The Hall–Kier alpha value is -1.09. The second-order valence-electron chi connectivity index (χ2n) is 4.74. The smallest absolute Gasteiger partial charge is 0.252 e. The Morgan fingerprint density at radius 2 is 2.12 bits per heavy atom. The van der Waals surface area contributed by atoms with Gasteiger partial charge in [-0.2, -0.15) is 0 Å². The van der Waals surface area contributed by atoms with E-state index >= 15 is 0 Å². The topological polar surface area (TPSA) is 29.1 Å². The number of hydrogen-bond acceptors (Lipinski definition) is 1. The molecule has 0 radical (unpaired) electrons. The molecule has 0 heterocycles. The molecule has 1 aromatic carbocycles. The second kappa shape index (κ2) is 5.50. The molecule has 0 aliphatic rings. The van der Waals surface area contributed by atoms with Crippen LogP contribution in [-0.4, -0.2) is 17.3 Å². The molecule has 0 bridgehead atoms. The van der Waals surface area contributed by atoms with Gasteiger partial charge in [-0.15, -0.1) is 11.6 Å². The summed E-state index contributed by atoms with van der Waals surface area (Å²) in [6, 6.07) is 4.19. The number of aryl methyl sites for hydroxylation is 1. The van der Waals surface area contributed by atoms with Gasteiger partial charge in [0.2, 0.25) is 0 Å². The molecule has 17 heavy (non-hydrogen) atoms. The van der Waals surface area contributed by atoms with Gasteiger partial charge in [-0.05, 0) is 44.9 Å². The summed E-state index contributed by atoms with van der Waals surface area (Å²) in [7, 11) is 0. The quantitative estimate of drug-likeness (QED) is 0.824. The Labute approximate surface area is 106 Å². The highest BCUT2D eigenvalue weighted by Crippen LogP contribution is 2.14. The van der Waals surface area contributed by atoms with Crippen molar-refractivity contribution in [3.8, 4) is 0 Å². The van der Waals surface area contributed by atoms with Crippen molar-refractivity contribution in [3.63, 3.8) is 0 Å². The fourth-order valence-corrected chi connectivity index (χ4v) is 1.98. The van der Waals surface area contributed by atoms with Gasteiger partial charge in [-0.25, -0.2) is 4.39 Å². The van der Waals surface area contributed by atoms with Crippen molar-refractivity contribution in [2.45, 2.75) is 32.7 Å². The normalized spacial score (nSPS) is 11.4. The van der Waals surface area contributed by atoms with E-state index in [4.69, 9.17) is 11.6 Å². The molecular weight excluding hydrogens is 241 g/mol. The number of benzene rings is 1. The summed E-state index contributed by atoms with van der Waals surface area (Å²) in [6.07, 6.45) is 0.661. The zero-order valence-corrected chi connectivity index (χ0v) is 11.1. The third-order valence-electron chi connectivity index (χ3n) is 2.62. The minimum atomic E-state index is -0.407. The lowest BCUT2D eigenvalue weighted by atomic mass is 10.00. The van der Waals surface area contributed by atoms with Gasteiger partial charge in [0.25, 0.3) is 5.91 Å². The first-order chi connectivity index (χ1) is 7.85. The Morgan fingerprint density at radius 1 is 1.47 bits per heavy atom. The van der Waals surface area contributed by atoms with Gasteiger partial charge < -0.3 is 5.32 Å². The molecule has 4 heteroatoms. The monoisotopic (exact) mass is 257 g/mol. The van der Waals surface area contributed by atoms with E-state index in [0.29, 0.717) is 17.9 Å². The van der Waals surface area contributed by atoms with E-state index in [1.807, 2.05) is 13.8 Å². The van der Waals surface area contributed by atoms with Gasteiger partial charge >= 0.3 is 0 Å². The van der Waals surface area contributed by atoms with Crippen LogP contribution in [0.4, 0.5) is 4.39 Å². The maximum Gasteiger partial charge on any atom is 0.252 e. The molecule has 1 N–H and O–H groups in total. The van der Waals surface area contributed by atoms with Crippen LogP contribution in [-0.2, 0) is 0 Å². The molecule has 0 aliphatic carbocycles. The van der Waals surface area contributed by atoms with Gasteiger partial charge in [0.1, 0.15) is 5.82 Å². The SMILES string of the molecule is Cc1ccc(F)cc1C(=O)NC(C)(C)CCCl. The maximum absolute atomic E-state index is 13.1. The van der Waals surface area contributed by atoms with Crippen molar-refractivity contribution < 1.29 is 9.18 Å². The standard InChI is InChI=1S/C13H17ClFNO/c1-9-4-5-10(15)8-11(9)12(17)16-13(2,3)6-7-14/h4-5,8H,6-7H2,1-3H3,(H,16,17). The fourth-order valence-electron chi connectivity index (χ4n) is 1.51. The van der Waals surface area contributed by atoms with Crippen LogP contribution in [0, 0.1) is 12.7 Å². The third kappa shape index (κ3) is 4.00. The number of alkyl halides is 1. The van der Waals surface area contributed by atoms with E-state index in [2.05, 4.69) is 5.32 Å². The fraction of sp³-hybridized carbons (Fsp3) is 0.462. The van der Waals surface area contributed by atoms with Crippen molar-refractivity contribution in [3.05, 3.63) is 35.1 Å². The summed E-state index contributed by atoms with van der Waals surface area (Å²) in [5.74, 6) is -0.205. The molecule has 1 amide bonds. The average molecular weight is 258 g/mol. The predicted molar refractivity (Wildman–Crippen MR) is 68.0 cm³/mol. The van der Waals surface area contributed by atoms with Gasteiger partial charge in [0.15, 0.2) is 0 Å². The maximum atomic E-state index is 13.1. The Kier molecular flexibility index (Phi) is 4.52. The Bertz CT molecular complexity index is 418. The highest BCUT2D eigenvalue weighted by molar-refractivity contribution is 6.17. The molecule has 1 rings (SSSR count). The molecular formula is C13H17ClFNO. The lowest BCUT2D eigenvalue weighted by Gasteiger charge is -2.25. The molecule has 94 valence electrons. The van der Waals surface area contributed by atoms with Gasteiger partial charge in [-0.1, -0.05) is 6.07 Å². The Balaban J connectivity index is 2.86. The van der Waals surface area contributed by atoms with E-state index in [-0.39, 0.29) is 5.91 Å². The summed E-state index contributed by atoms with van der Waals surface area (Å²) < 4.78 is 13.1. The van der Waals surface area contributed by atoms with Crippen molar-refractivity contribution >= 4 is 17.5 Å². The van der Waals surface area contributed by atoms with E-state index in [0.717, 1.165) is 5.56 Å². The van der Waals surface area contributed by atoms with Crippen molar-refractivity contribution in [1.82, 2.24) is 5.32 Å². The number of rotatable bonds is 4. The second-order valence-corrected chi connectivity index (χ2v) is 5.11. The van der Waals surface area contributed by atoms with Crippen LogP contribution in [0.3, 0.4) is 0 Å². The highest BCUT2D eigenvalue weighted by Gasteiger charge is 2.21. The first kappa shape index (κ1) is 14.0. The average Bonchev–Trinajstić information content (AvgIpc) is 2.20. The first-order valence-corrected chi connectivity index (χ1v) is 6.04. The van der Waals surface area contributed by atoms with E-state index < -0.39 is 11.4 Å². The lowest BCUT2D eigenvalue weighted by molar-refractivity contribution is 0.0910. The predicted octanol–water partition coefficient (Wildman–Crippen LogP) is 3.27. The number of halogens is 2. The molecule has 0 fully saturated rings. The summed E-state index contributed by atoms with van der Waals surface area (Å²) in [5.41, 5.74) is 0.732. The van der Waals surface area contributed by atoms with Crippen LogP contribution in [0.5, 0.6) is 0 Å². The number of carbonyl (C=O) groups excluding carboxylic acids is 1. The summed E-state index contributed by atoms with van der Waals surface area (Å²) in [5, 5.41) is 2.85.